The highest BCUT2D eigenvalue weighted by molar-refractivity contribution is 5.91. The van der Waals surface area contributed by atoms with Crippen LogP contribution in [0.3, 0.4) is 0 Å². The van der Waals surface area contributed by atoms with E-state index in [0.717, 1.165) is 31.2 Å². The predicted molar refractivity (Wildman–Crippen MR) is 146 cm³/mol. The summed E-state index contributed by atoms with van der Waals surface area (Å²) < 4.78 is 19.1. The number of aromatic nitrogens is 2. The van der Waals surface area contributed by atoms with Gasteiger partial charge in [0.15, 0.2) is 11.5 Å². The molecule has 2 aromatic carbocycles. The largest absolute Gasteiger partial charge is 0.497 e. The van der Waals surface area contributed by atoms with E-state index in [1.807, 2.05) is 62.6 Å². The summed E-state index contributed by atoms with van der Waals surface area (Å²) in [5.41, 5.74) is 2.20. The summed E-state index contributed by atoms with van der Waals surface area (Å²) in [6.45, 7) is 2.09. The molecule has 39 heavy (non-hydrogen) atoms. The van der Waals surface area contributed by atoms with Crippen LogP contribution in [0.15, 0.2) is 54.7 Å². The molecular formula is C30H36N4O5. The van der Waals surface area contributed by atoms with Crippen LogP contribution >= 0.6 is 0 Å². The van der Waals surface area contributed by atoms with Crippen LogP contribution < -0.4 is 19.5 Å². The minimum absolute atomic E-state index is 0.0491. The number of ether oxygens (including phenoxy) is 3. The lowest BCUT2D eigenvalue weighted by molar-refractivity contribution is -0.149. The molecule has 2 aliphatic rings. The average molecular weight is 533 g/mol. The zero-order chi connectivity index (χ0) is 27.4. The lowest BCUT2D eigenvalue weighted by atomic mass is 9.94. The highest BCUT2D eigenvalue weighted by Crippen LogP contribution is 2.34. The third-order valence-electron chi connectivity index (χ3n) is 7.41. The molecule has 9 heteroatoms. The van der Waals surface area contributed by atoms with E-state index in [-0.39, 0.29) is 31.0 Å². The van der Waals surface area contributed by atoms with Gasteiger partial charge in [-0.3, -0.25) is 14.3 Å². The third kappa shape index (κ3) is 6.02. The summed E-state index contributed by atoms with van der Waals surface area (Å²) in [5, 5.41) is 7.75. The van der Waals surface area contributed by atoms with E-state index in [0.29, 0.717) is 28.5 Å². The summed E-state index contributed by atoms with van der Waals surface area (Å²) in [6.07, 6.45) is 6.13. The lowest BCUT2D eigenvalue weighted by Gasteiger charge is -2.36. The summed E-state index contributed by atoms with van der Waals surface area (Å²) in [7, 11) is 3.42. The number of hydrogen-bond acceptors (Lipinski definition) is 6. The molecule has 9 nitrogen and oxygen atoms in total. The van der Waals surface area contributed by atoms with Gasteiger partial charge in [-0.15, -0.1) is 0 Å². The maximum Gasteiger partial charge on any atom is 0.268 e. The second-order valence-corrected chi connectivity index (χ2v) is 10.3. The maximum absolute atomic E-state index is 14.3. The zero-order valence-electron chi connectivity index (χ0n) is 22.8. The van der Waals surface area contributed by atoms with Crippen molar-refractivity contribution in [1.29, 1.82) is 0 Å². The van der Waals surface area contributed by atoms with Crippen LogP contribution in [0, 0.1) is 6.92 Å². The minimum Gasteiger partial charge on any atom is -0.497 e. The standard InChI is InChI=1S/C30H36N4O5/c1-20-24(18-33(2)32-20)28(29(35)31-22-11-5-4-6-12-22)34(17-21-10-9-13-23(16-21)37-3)30(36)27-19-38-25-14-7-8-15-26(25)39-27/h7-10,13-16,18,22,27-28H,4-6,11-12,17,19H2,1-3H3,(H,31,35)/t27-,28+/m1/s1. The van der Waals surface area contributed by atoms with Crippen molar-refractivity contribution >= 4 is 11.8 Å². The Balaban J connectivity index is 1.52. The SMILES string of the molecule is COc1cccc(CN(C(=O)[C@H]2COc3ccccc3O2)[C@H](C(=O)NC2CCCCC2)c2cn(C)nc2C)c1. The maximum atomic E-state index is 14.3. The predicted octanol–water partition coefficient (Wildman–Crippen LogP) is 4.10. The Bertz CT molecular complexity index is 1320. The van der Waals surface area contributed by atoms with Gasteiger partial charge >= 0.3 is 0 Å². The Hall–Kier alpha value is -4.01. The van der Waals surface area contributed by atoms with E-state index in [1.165, 1.54) is 6.42 Å². The third-order valence-corrected chi connectivity index (χ3v) is 7.41. The Morgan fingerprint density at radius 1 is 1.13 bits per heavy atom. The second kappa shape index (κ2) is 11.8. The average Bonchev–Trinajstić information content (AvgIpc) is 3.29. The number of carbonyl (C=O) groups is 2. The molecule has 0 spiro atoms. The van der Waals surface area contributed by atoms with Crippen molar-refractivity contribution in [3.05, 3.63) is 71.5 Å². The van der Waals surface area contributed by atoms with E-state index in [4.69, 9.17) is 14.2 Å². The molecule has 5 rings (SSSR count). The first-order chi connectivity index (χ1) is 18.9. The first-order valence-electron chi connectivity index (χ1n) is 13.6. The molecule has 2 amide bonds. The van der Waals surface area contributed by atoms with Gasteiger partial charge in [-0.1, -0.05) is 43.5 Å². The Labute approximate surface area is 229 Å². The van der Waals surface area contributed by atoms with Crippen molar-refractivity contribution in [2.24, 2.45) is 7.05 Å². The second-order valence-electron chi connectivity index (χ2n) is 10.3. The number of methoxy groups -OCH3 is 1. The molecule has 1 aliphatic heterocycles. The Kier molecular flexibility index (Phi) is 8.05. The summed E-state index contributed by atoms with van der Waals surface area (Å²) in [6, 6.07) is 14.0. The number of nitrogens with one attached hydrogen (secondary N) is 1. The van der Waals surface area contributed by atoms with Crippen LogP contribution in [0.25, 0.3) is 0 Å². The summed E-state index contributed by atoms with van der Waals surface area (Å²) in [4.78, 5) is 30.0. The zero-order valence-corrected chi connectivity index (χ0v) is 22.8. The van der Waals surface area contributed by atoms with E-state index >= 15 is 0 Å². The van der Waals surface area contributed by atoms with Crippen molar-refractivity contribution in [2.45, 2.75) is 63.8 Å². The molecule has 0 unspecified atom stereocenters. The number of amides is 2. The molecule has 1 aromatic heterocycles. The number of fused-ring (bicyclic) bond motifs is 1. The van der Waals surface area contributed by atoms with Crippen LogP contribution in [0.5, 0.6) is 17.2 Å². The lowest BCUT2D eigenvalue weighted by Crippen LogP contribution is -2.52. The molecule has 1 N–H and O–H groups in total. The number of hydrogen-bond donors (Lipinski definition) is 1. The molecule has 0 bridgehead atoms. The van der Waals surface area contributed by atoms with Gasteiger partial charge in [0.2, 0.25) is 12.0 Å². The summed E-state index contributed by atoms with van der Waals surface area (Å²) >= 11 is 0. The van der Waals surface area contributed by atoms with Crippen LogP contribution in [0.2, 0.25) is 0 Å². The fraction of sp³-hybridized carbons (Fsp3) is 0.433. The van der Waals surface area contributed by atoms with Gasteiger partial charge in [-0.05, 0) is 49.6 Å². The monoisotopic (exact) mass is 532 g/mol. The van der Waals surface area contributed by atoms with E-state index in [2.05, 4.69) is 10.4 Å². The summed E-state index contributed by atoms with van der Waals surface area (Å²) in [5.74, 6) is 1.22. The number of carbonyl (C=O) groups excluding carboxylic acids is 2. The molecule has 0 saturated heterocycles. The first-order valence-corrected chi connectivity index (χ1v) is 13.6. The number of nitrogens with zero attached hydrogens (tertiary/aromatic N) is 3. The minimum atomic E-state index is -0.910. The smallest absolute Gasteiger partial charge is 0.268 e. The molecule has 206 valence electrons. The molecule has 2 heterocycles. The van der Waals surface area contributed by atoms with Crippen LogP contribution in [0.4, 0.5) is 0 Å². The Morgan fingerprint density at radius 3 is 2.62 bits per heavy atom. The van der Waals surface area contributed by atoms with E-state index in [9.17, 15) is 9.59 Å². The van der Waals surface area contributed by atoms with Gasteiger partial charge in [-0.2, -0.15) is 5.10 Å². The fourth-order valence-corrected chi connectivity index (χ4v) is 5.45. The molecular weight excluding hydrogens is 496 g/mol. The van der Waals surface area contributed by atoms with Crippen molar-refractivity contribution < 1.29 is 23.8 Å². The van der Waals surface area contributed by atoms with Crippen molar-refractivity contribution in [1.82, 2.24) is 20.0 Å². The molecule has 1 aliphatic carbocycles. The van der Waals surface area contributed by atoms with Gasteiger partial charge in [-0.25, -0.2) is 0 Å². The van der Waals surface area contributed by atoms with E-state index < -0.39 is 12.1 Å². The fourth-order valence-electron chi connectivity index (χ4n) is 5.45. The molecule has 3 aromatic rings. The quantitative estimate of drug-likeness (QED) is 0.470. The number of benzene rings is 2. The molecule has 1 saturated carbocycles. The topological polar surface area (TPSA) is 94.9 Å². The van der Waals surface area contributed by atoms with Crippen molar-refractivity contribution in [3.63, 3.8) is 0 Å². The molecule has 0 radical (unpaired) electrons. The highest BCUT2D eigenvalue weighted by Gasteiger charge is 2.40. The van der Waals surface area contributed by atoms with Gasteiger partial charge < -0.3 is 24.4 Å². The van der Waals surface area contributed by atoms with Crippen LogP contribution in [-0.4, -0.2) is 52.4 Å². The van der Waals surface area contributed by atoms with Gasteiger partial charge in [0.1, 0.15) is 18.4 Å². The van der Waals surface area contributed by atoms with E-state index in [1.54, 1.807) is 22.8 Å². The Morgan fingerprint density at radius 2 is 1.90 bits per heavy atom. The van der Waals surface area contributed by atoms with Crippen LogP contribution in [0.1, 0.15) is 55.0 Å². The van der Waals surface area contributed by atoms with Gasteiger partial charge in [0, 0.05) is 31.4 Å². The first kappa shape index (κ1) is 26.6. The number of para-hydroxylation sites is 2. The van der Waals surface area contributed by atoms with Crippen molar-refractivity contribution in [3.8, 4) is 17.2 Å². The highest BCUT2D eigenvalue weighted by atomic mass is 16.6. The molecule has 1 fully saturated rings. The number of aryl methyl sites for hydroxylation is 2. The van der Waals surface area contributed by atoms with Gasteiger partial charge in [0.25, 0.3) is 5.91 Å². The molecule has 2 atom stereocenters. The van der Waals surface area contributed by atoms with Crippen molar-refractivity contribution in [2.75, 3.05) is 13.7 Å². The number of rotatable bonds is 8. The normalized spacial score (nSPS) is 17.8. The van der Waals surface area contributed by atoms with Crippen LogP contribution in [-0.2, 0) is 23.2 Å². The van der Waals surface area contributed by atoms with Gasteiger partial charge in [0.05, 0.1) is 12.8 Å².